The second-order valence-corrected chi connectivity index (χ2v) is 6.18. The lowest BCUT2D eigenvalue weighted by atomic mass is 10.2. The van der Waals surface area contributed by atoms with E-state index in [1.54, 1.807) is 24.4 Å². The maximum absolute atomic E-state index is 6.19. The Bertz CT molecular complexity index is 824. The molecule has 0 bridgehead atoms. The molecule has 0 amide bonds. The van der Waals surface area contributed by atoms with Crippen molar-refractivity contribution in [1.29, 1.82) is 0 Å². The molecule has 1 heterocycles. The molecular weight excluding hydrogens is 343 g/mol. The van der Waals surface area contributed by atoms with Crippen LogP contribution in [-0.2, 0) is 6.54 Å². The second kappa shape index (κ2) is 7.51. The van der Waals surface area contributed by atoms with Gasteiger partial charge in [-0.2, -0.15) is 4.98 Å². The predicted octanol–water partition coefficient (Wildman–Crippen LogP) is 5.16. The molecule has 0 spiro atoms. The highest BCUT2D eigenvalue weighted by molar-refractivity contribution is 6.36. The summed E-state index contributed by atoms with van der Waals surface area (Å²) in [5, 5.41) is 4.33. The molecule has 24 heavy (non-hydrogen) atoms. The molecule has 0 fully saturated rings. The van der Waals surface area contributed by atoms with Crippen LogP contribution in [0.5, 0.6) is 0 Å². The fraction of sp³-hybridized carbons (Fsp3) is 0.111. The maximum Gasteiger partial charge on any atom is 0.227 e. The first-order valence-electron chi connectivity index (χ1n) is 7.42. The molecule has 1 N–H and O–H groups in total. The lowest BCUT2D eigenvalue weighted by Crippen LogP contribution is -2.19. The molecule has 4 nitrogen and oxygen atoms in total. The van der Waals surface area contributed by atoms with E-state index >= 15 is 0 Å². The Balaban J connectivity index is 1.76. The van der Waals surface area contributed by atoms with Crippen LogP contribution in [0.2, 0.25) is 10.0 Å². The fourth-order valence-corrected chi connectivity index (χ4v) is 2.71. The van der Waals surface area contributed by atoms with Crippen molar-refractivity contribution in [2.45, 2.75) is 6.54 Å². The minimum atomic E-state index is 0.542. The lowest BCUT2D eigenvalue weighted by Gasteiger charge is -2.18. The molecule has 0 saturated heterocycles. The molecule has 0 unspecified atom stereocenters. The third-order valence-electron chi connectivity index (χ3n) is 3.44. The largest absolute Gasteiger partial charge is 0.339 e. The predicted molar refractivity (Wildman–Crippen MR) is 100 cm³/mol. The zero-order valence-corrected chi connectivity index (χ0v) is 14.6. The van der Waals surface area contributed by atoms with Crippen molar-refractivity contribution in [3.8, 4) is 0 Å². The van der Waals surface area contributed by atoms with Crippen LogP contribution >= 0.6 is 23.2 Å². The van der Waals surface area contributed by atoms with Crippen molar-refractivity contribution in [1.82, 2.24) is 9.97 Å². The Morgan fingerprint density at radius 2 is 1.83 bits per heavy atom. The summed E-state index contributed by atoms with van der Waals surface area (Å²) in [5.74, 6) is 1.30. The van der Waals surface area contributed by atoms with Gasteiger partial charge in [0.1, 0.15) is 5.82 Å². The third-order valence-corrected chi connectivity index (χ3v) is 3.99. The van der Waals surface area contributed by atoms with Crippen molar-refractivity contribution in [3.05, 3.63) is 76.4 Å². The highest BCUT2D eigenvalue weighted by Gasteiger charge is 2.08. The molecule has 0 aliphatic heterocycles. The minimum Gasteiger partial charge on any atom is -0.339 e. The molecule has 0 radical (unpaired) electrons. The van der Waals surface area contributed by atoms with Gasteiger partial charge in [0.05, 0.1) is 10.7 Å². The molecule has 1 aromatic heterocycles. The zero-order chi connectivity index (χ0) is 16.9. The SMILES string of the molecule is CN(Cc1ccccc1)c1nccc(Nc2ccc(Cl)cc2Cl)n1. The Hall–Kier alpha value is -2.30. The van der Waals surface area contributed by atoms with Gasteiger partial charge in [-0.1, -0.05) is 53.5 Å². The first-order valence-corrected chi connectivity index (χ1v) is 8.17. The van der Waals surface area contributed by atoms with Crippen LogP contribution in [0.3, 0.4) is 0 Å². The van der Waals surface area contributed by atoms with Gasteiger partial charge in [0, 0.05) is 24.8 Å². The van der Waals surface area contributed by atoms with E-state index in [0.29, 0.717) is 21.8 Å². The Morgan fingerprint density at radius 3 is 2.58 bits per heavy atom. The highest BCUT2D eigenvalue weighted by atomic mass is 35.5. The molecule has 6 heteroatoms. The average Bonchev–Trinajstić information content (AvgIpc) is 2.59. The van der Waals surface area contributed by atoms with Gasteiger partial charge < -0.3 is 10.2 Å². The third kappa shape index (κ3) is 4.16. The number of aromatic nitrogens is 2. The summed E-state index contributed by atoms with van der Waals surface area (Å²) in [6.07, 6.45) is 1.72. The van der Waals surface area contributed by atoms with Crippen LogP contribution in [0.4, 0.5) is 17.5 Å². The molecule has 122 valence electrons. The Morgan fingerprint density at radius 1 is 1.04 bits per heavy atom. The van der Waals surface area contributed by atoms with Gasteiger partial charge in [-0.25, -0.2) is 4.98 Å². The summed E-state index contributed by atoms with van der Waals surface area (Å²) in [6, 6.07) is 17.3. The Labute approximate surface area is 151 Å². The maximum atomic E-state index is 6.19. The second-order valence-electron chi connectivity index (χ2n) is 5.33. The quantitative estimate of drug-likeness (QED) is 0.683. The van der Waals surface area contributed by atoms with Gasteiger partial charge in [0.25, 0.3) is 0 Å². The van der Waals surface area contributed by atoms with E-state index in [1.165, 1.54) is 5.56 Å². The van der Waals surface area contributed by atoms with Crippen LogP contribution in [0.25, 0.3) is 0 Å². The van der Waals surface area contributed by atoms with Gasteiger partial charge in [-0.15, -0.1) is 0 Å². The summed E-state index contributed by atoms with van der Waals surface area (Å²) in [4.78, 5) is 10.9. The monoisotopic (exact) mass is 358 g/mol. The number of nitrogens with one attached hydrogen (secondary N) is 1. The number of hydrogen-bond acceptors (Lipinski definition) is 4. The van der Waals surface area contributed by atoms with Crippen LogP contribution in [0.15, 0.2) is 60.8 Å². The first-order chi connectivity index (χ1) is 11.6. The molecule has 0 saturated carbocycles. The highest BCUT2D eigenvalue weighted by Crippen LogP contribution is 2.28. The van der Waals surface area contributed by atoms with Gasteiger partial charge >= 0.3 is 0 Å². The number of halogens is 2. The molecule has 0 aliphatic rings. The first kappa shape index (κ1) is 16.6. The van der Waals surface area contributed by atoms with E-state index < -0.39 is 0 Å². The summed E-state index contributed by atoms with van der Waals surface area (Å²) in [6.45, 7) is 0.728. The van der Waals surface area contributed by atoms with Crippen molar-refractivity contribution >= 4 is 40.7 Å². The molecule has 0 aliphatic carbocycles. The van der Waals surface area contributed by atoms with Crippen molar-refractivity contribution in [3.63, 3.8) is 0 Å². The van der Waals surface area contributed by atoms with Crippen molar-refractivity contribution < 1.29 is 0 Å². The minimum absolute atomic E-state index is 0.542. The molecule has 3 aromatic rings. The van der Waals surface area contributed by atoms with E-state index in [9.17, 15) is 0 Å². The van der Waals surface area contributed by atoms with Gasteiger partial charge in [0.2, 0.25) is 5.95 Å². The van der Waals surface area contributed by atoms with Gasteiger partial charge in [-0.3, -0.25) is 0 Å². The fourth-order valence-electron chi connectivity index (χ4n) is 2.26. The van der Waals surface area contributed by atoms with Crippen LogP contribution in [0, 0.1) is 0 Å². The summed E-state index contributed by atoms with van der Waals surface area (Å²) >= 11 is 12.1. The number of nitrogens with zero attached hydrogens (tertiary/aromatic N) is 3. The van der Waals surface area contributed by atoms with Crippen molar-refractivity contribution in [2.24, 2.45) is 0 Å². The molecule has 0 atom stereocenters. The van der Waals surface area contributed by atoms with Crippen LogP contribution in [0.1, 0.15) is 5.56 Å². The normalized spacial score (nSPS) is 10.5. The smallest absolute Gasteiger partial charge is 0.227 e. The summed E-state index contributed by atoms with van der Waals surface area (Å²) in [5.41, 5.74) is 1.94. The number of anilines is 3. The zero-order valence-electron chi connectivity index (χ0n) is 13.1. The van der Waals surface area contributed by atoms with E-state index in [0.717, 1.165) is 12.2 Å². The number of benzene rings is 2. The van der Waals surface area contributed by atoms with E-state index in [1.807, 2.05) is 36.2 Å². The average molecular weight is 359 g/mol. The van der Waals surface area contributed by atoms with Crippen LogP contribution < -0.4 is 10.2 Å². The Kier molecular flexibility index (Phi) is 5.18. The van der Waals surface area contributed by atoms with Crippen LogP contribution in [-0.4, -0.2) is 17.0 Å². The van der Waals surface area contributed by atoms with Gasteiger partial charge in [-0.05, 0) is 29.8 Å². The van der Waals surface area contributed by atoms with E-state index in [4.69, 9.17) is 23.2 Å². The summed E-state index contributed by atoms with van der Waals surface area (Å²) in [7, 11) is 1.96. The molecule has 3 rings (SSSR count). The molecule has 2 aromatic carbocycles. The van der Waals surface area contributed by atoms with E-state index in [2.05, 4.69) is 27.4 Å². The number of rotatable bonds is 5. The van der Waals surface area contributed by atoms with Gasteiger partial charge in [0.15, 0.2) is 0 Å². The molecular formula is C18H16Cl2N4. The number of hydrogen-bond donors (Lipinski definition) is 1. The topological polar surface area (TPSA) is 41.1 Å². The standard InChI is InChI=1S/C18H16Cl2N4/c1-24(12-13-5-3-2-4-6-13)18-21-10-9-17(23-18)22-16-8-7-14(19)11-15(16)20/h2-11H,12H2,1H3,(H,21,22,23). The summed E-state index contributed by atoms with van der Waals surface area (Å²) < 4.78 is 0. The van der Waals surface area contributed by atoms with E-state index in [-0.39, 0.29) is 0 Å². The van der Waals surface area contributed by atoms with Crippen molar-refractivity contribution in [2.75, 3.05) is 17.3 Å². The lowest BCUT2D eigenvalue weighted by molar-refractivity contribution is 0.868.